The average molecular weight is 478 g/mol. The van der Waals surface area contributed by atoms with Gasteiger partial charge in [0, 0.05) is 16.1 Å². The van der Waals surface area contributed by atoms with Crippen molar-refractivity contribution in [2.45, 2.75) is 26.3 Å². The van der Waals surface area contributed by atoms with Crippen LogP contribution in [0.15, 0.2) is 89.9 Å². The van der Waals surface area contributed by atoms with Gasteiger partial charge in [-0.25, -0.2) is 4.79 Å². The first kappa shape index (κ1) is 25.2. The summed E-state index contributed by atoms with van der Waals surface area (Å²) < 4.78 is 10.7. The van der Waals surface area contributed by atoms with Crippen LogP contribution in [-0.4, -0.2) is 31.4 Å². The number of esters is 2. The van der Waals surface area contributed by atoms with Crippen molar-refractivity contribution in [3.63, 3.8) is 0 Å². The molecule has 3 aromatic carbocycles. The van der Waals surface area contributed by atoms with Crippen molar-refractivity contribution in [1.82, 2.24) is 0 Å². The van der Waals surface area contributed by atoms with E-state index in [1.165, 1.54) is 7.11 Å². The molecule has 0 radical (unpaired) electrons. The van der Waals surface area contributed by atoms with E-state index in [4.69, 9.17) is 26.1 Å². The lowest BCUT2D eigenvalue weighted by atomic mass is 9.68. The fourth-order valence-electron chi connectivity index (χ4n) is 3.94. The first-order valence-electron chi connectivity index (χ1n) is 11.0. The molecule has 1 unspecified atom stereocenters. The van der Waals surface area contributed by atoms with E-state index in [0.29, 0.717) is 16.3 Å². The Kier molecular flexibility index (Phi) is 7.90. The largest absolute Gasteiger partial charge is 0.467 e. The van der Waals surface area contributed by atoms with Gasteiger partial charge in [0.1, 0.15) is 5.41 Å². The standard InChI is InChI=1S/C28H28ClNO4/c1-5-34-25(31)27(2,3)28(26(32)33-4,22-16-18-23(29)19-17-22)30-24(20-12-8-6-9-13-20)21-14-10-7-11-15-21/h6-19H,5H2,1-4H3. The molecule has 5 nitrogen and oxygen atoms in total. The van der Waals surface area contributed by atoms with Gasteiger partial charge in [-0.15, -0.1) is 0 Å². The summed E-state index contributed by atoms with van der Waals surface area (Å²) in [6, 6.07) is 25.7. The van der Waals surface area contributed by atoms with Crippen molar-refractivity contribution >= 4 is 29.3 Å². The number of ether oxygens (including phenoxy) is 2. The SMILES string of the molecule is CCOC(=O)C(C)(C)C(N=C(c1ccccc1)c1ccccc1)(C(=O)OC)c1ccc(Cl)cc1. The molecule has 3 rings (SSSR count). The van der Waals surface area contributed by atoms with Gasteiger partial charge in [-0.3, -0.25) is 9.79 Å². The summed E-state index contributed by atoms with van der Waals surface area (Å²) in [5, 5.41) is 0.492. The second kappa shape index (κ2) is 10.7. The Labute approximate surface area is 205 Å². The lowest BCUT2D eigenvalue weighted by molar-refractivity contribution is -0.168. The lowest BCUT2D eigenvalue weighted by Gasteiger charge is -2.40. The minimum atomic E-state index is -1.76. The van der Waals surface area contributed by atoms with E-state index >= 15 is 0 Å². The first-order valence-corrected chi connectivity index (χ1v) is 11.4. The molecule has 0 bridgehead atoms. The van der Waals surface area contributed by atoms with Crippen molar-refractivity contribution in [1.29, 1.82) is 0 Å². The number of aliphatic imine (C=N–C) groups is 1. The zero-order valence-electron chi connectivity index (χ0n) is 19.7. The van der Waals surface area contributed by atoms with E-state index in [9.17, 15) is 9.59 Å². The van der Waals surface area contributed by atoms with Crippen molar-refractivity contribution < 1.29 is 19.1 Å². The van der Waals surface area contributed by atoms with Gasteiger partial charge in [0.05, 0.1) is 19.4 Å². The molecule has 176 valence electrons. The molecule has 6 heteroatoms. The van der Waals surface area contributed by atoms with Crippen LogP contribution >= 0.6 is 11.6 Å². The van der Waals surface area contributed by atoms with Gasteiger partial charge in [0.25, 0.3) is 0 Å². The fraction of sp³-hybridized carbons (Fsp3) is 0.250. The van der Waals surface area contributed by atoms with Gasteiger partial charge in [0.15, 0.2) is 5.54 Å². The Morgan fingerprint density at radius 3 is 1.76 bits per heavy atom. The number of hydrogen-bond donors (Lipinski definition) is 0. The molecular weight excluding hydrogens is 450 g/mol. The molecule has 0 spiro atoms. The molecule has 0 saturated carbocycles. The molecule has 34 heavy (non-hydrogen) atoms. The van der Waals surface area contributed by atoms with Crippen LogP contribution in [0.3, 0.4) is 0 Å². The third-order valence-electron chi connectivity index (χ3n) is 5.81. The zero-order valence-corrected chi connectivity index (χ0v) is 20.5. The fourth-order valence-corrected chi connectivity index (χ4v) is 4.06. The van der Waals surface area contributed by atoms with Crippen LogP contribution in [0.2, 0.25) is 5.02 Å². The normalized spacial score (nSPS) is 12.9. The predicted octanol–water partition coefficient (Wildman–Crippen LogP) is 5.84. The summed E-state index contributed by atoms with van der Waals surface area (Å²) in [6.45, 7) is 5.17. The minimum Gasteiger partial charge on any atom is -0.467 e. The smallest absolute Gasteiger partial charge is 0.339 e. The lowest BCUT2D eigenvalue weighted by Crippen LogP contribution is -2.53. The molecule has 0 saturated heterocycles. The van der Waals surface area contributed by atoms with E-state index in [0.717, 1.165) is 11.1 Å². The Balaban J connectivity index is 2.45. The molecule has 0 aliphatic heterocycles. The molecule has 0 amide bonds. The topological polar surface area (TPSA) is 65.0 Å². The minimum absolute atomic E-state index is 0.161. The highest BCUT2D eigenvalue weighted by Gasteiger charge is 2.59. The Morgan fingerprint density at radius 1 is 0.824 bits per heavy atom. The third kappa shape index (κ3) is 4.75. The number of rotatable bonds is 8. The summed E-state index contributed by atoms with van der Waals surface area (Å²) in [5.74, 6) is -1.25. The van der Waals surface area contributed by atoms with Crippen LogP contribution < -0.4 is 0 Å². The molecule has 0 aromatic heterocycles. The Hall–Kier alpha value is -3.44. The summed E-state index contributed by atoms with van der Waals surface area (Å²) in [5.41, 5.74) is -0.616. The van der Waals surface area contributed by atoms with Crippen LogP contribution in [0.25, 0.3) is 0 Å². The number of methoxy groups -OCH3 is 1. The third-order valence-corrected chi connectivity index (χ3v) is 6.06. The Bertz CT molecular complexity index is 1120. The van der Waals surface area contributed by atoms with E-state index in [2.05, 4.69) is 0 Å². The summed E-state index contributed by atoms with van der Waals surface area (Å²) in [6.07, 6.45) is 0. The molecule has 1 atom stereocenters. The number of hydrogen-bond acceptors (Lipinski definition) is 5. The molecule has 0 fully saturated rings. The zero-order chi connectivity index (χ0) is 24.8. The predicted molar refractivity (Wildman–Crippen MR) is 134 cm³/mol. The maximum atomic E-state index is 13.7. The van der Waals surface area contributed by atoms with Gasteiger partial charge in [0.2, 0.25) is 0 Å². The van der Waals surface area contributed by atoms with Crippen molar-refractivity contribution in [3.8, 4) is 0 Å². The second-order valence-electron chi connectivity index (χ2n) is 8.25. The molecular formula is C28H28ClNO4. The van der Waals surface area contributed by atoms with Crippen molar-refractivity contribution in [2.24, 2.45) is 10.4 Å². The van der Waals surface area contributed by atoms with Gasteiger partial charge in [-0.05, 0) is 38.5 Å². The van der Waals surface area contributed by atoms with E-state index < -0.39 is 22.9 Å². The van der Waals surface area contributed by atoms with Gasteiger partial charge >= 0.3 is 11.9 Å². The molecule has 0 aliphatic rings. The van der Waals surface area contributed by atoms with Gasteiger partial charge in [-0.2, -0.15) is 0 Å². The maximum Gasteiger partial charge on any atom is 0.339 e. The van der Waals surface area contributed by atoms with Crippen LogP contribution in [0.5, 0.6) is 0 Å². The van der Waals surface area contributed by atoms with Crippen molar-refractivity contribution in [2.75, 3.05) is 13.7 Å². The van der Waals surface area contributed by atoms with Crippen LogP contribution in [-0.2, 0) is 24.6 Å². The second-order valence-corrected chi connectivity index (χ2v) is 8.68. The molecule has 0 N–H and O–H groups in total. The highest BCUT2D eigenvalue weighted by atomic mass is 35.5. The number of nitrogens with zero attached hydrogens (tertiary/aromatic N) is 1. The van der Waals surface area contributed by atoms with Crippen molar-refractivity contribution in [3.05, 3.63) is 107 Å². The molecule has 0 heterocycles. The summed E-state index contributed by atoms with van der Waals surface area (Å²) in [4.78, 5) is 32.1. The van der Waals surface area contributed by atoms with Gasteiger partial charge < -0.3 is 9.47 Å². The van der Waals surface area contributed by atoms with E-state index in [-0.39, 0.29) is 6.61 Å². The van der Waals surface area contributed by atoms with Gasteiger partial charge in [-0.1, -0.05) is 84.4 Å². The number of halogens is 1. The summed E-state index contributed by atoms with van der Waals surface area (Å²) in [7, 11) is 1.29. The van der Waals surface area contributed by atoms with Crippen LogP contribution in [0.4, 0.5) is 0 Å². The molecule has 3 aromatic rings. The Morgan fingerprint density at radius 2 is 1.32 bits per heavy atom. The van der Waals surface area contributed by atoms with E-state index in [1.54, 1.807) is 45.0 Å². The number of benzene rings is 3. The molecule has 0 aliphatic carbocycles. The average Bonchev–Trinajstić information content (AvgIpc) is 2.86. The van der Waals surface area contributed by atoms with Crippen LogP contribution in [0, 0.1) is 5.41 Å². The summed E-state index contributed by atoms with van der Waals surface area (Å²) >= 11 is 6.16. The quantitative estimate of drug-likeness (QED) is 0.302. The highest BCUT2D eigenvalue weighted by molar-refractivity contribution is 6.30. The number of carbonyl (C=O) groups excluding carboxylic acids is 2. The maximum absolute atomic E-state index is 13.7. The first-order chi connectivity index (χ1) is 16.3. The van der Waals surface area contributed by atoms with Crippen LogP contribution in [0.1, 0.15) is 37.5 Å². The highest BCUT2D eigenvalue weighted by Crippen LogP contribution is 2.46. The monoisotopic (exact) mass is 477 g/mol. The van der Waals surface area contributed by atoms with E-state index in [1.807, 2.05) is 60.7 Å². The number of carbonyl (C=O) groups is 2.